The van der Waals surface area contributed by atoms with Crippen LogP contribution in [-0.2, 0) is 10.4 Å². The zero-order valence-corrected chi connectivity index (χ0v) is 12.8. The second kappa shape index (κ2) is 5.54. The summed E-state index contributed by atoms with van der Waals surface area (Å²) in [6.07, 6.45) is -0.490. The fourth-order valence-corrected chi connectivity index (χ4v) is 2.76. The van der Waals surface area contributed by atoms with Crippen molar-refractivity contribution in [1.29, 1.82) is 0 Å². The Balaban J connectivity index is 1.95. The van der Waals surface area contributed by atoms with Gasteiger partial charge < -0.3 is 10.4 Å². The Bertz CT molecular complexity index is 877. The summed E-state index contributed by atoms with van der Waals surface area (Å²) >= 11 is 0. The molecule has 0 bridgehead atoms. The van der Waals surface area contributed by atoms with E-state index in [0.717, 1.165) is 11.6 Å². The van der Waals surface area contributed by atoms with Crippen LogP contribution in [0.2, 0.25) is 0 Å². The maximum atomic E-state index is 12.5. The van der Waals surface area contributed by atoms with Gasteiger partial charge in [-0.3, -0.25) is 19.7 Å². The molecule has 2 N–H and O–H groups in total. The number of carbonyl (C=O) groups excluding carboxylic acids is 2. The molecule has 0 unspecified atom stereocenters. The lowest BCUT2D eigenvalue weighted by Gasteiger charge is -2.20. The van der Waals surface area contributed by atoms with Gasteiger partial charge in [-0.2, -0.15) is 0 Å². The number of aryl methyl sites for hydroxylation is 1. The molecule has 2 aromatic rings. The van der Waals surface area contributed by atoms with E-state index in [-0.39, 0.29) is 11.3 Å². The first-order valence-corrected chi connectivity index (χ1v) is 7.24. The molecule has 7 nitrogen and oxygen atoms in total. The number of non-ortho nitro benzene ring substituents is 1. The largest absolute Gasteiger partial charge is 0.375 e. The summed E-state index contributed by atoms with van der Waals surface area (Å²) in [7, 11) is 0. The van der Waals surface area contributed by atoms with Gasteiger partial charge in [0.2, 0.25) is 0 Å². The number of fused-ring (bicyclic) bond motifs is 1. The molecule has 3 rings (SSSR count). The molecule has 0 aromatic heterocycles. The first-order valence-electron chi connectivity index (χ1n) is 7.24. The Morgan fingerprint density at radius 3 is 2.75 bits per heavy atom. The molecule has 2 aromatic carbocycles. The molecule has 1 heterocycles. The molecule has 1 aliphatic rings. The van der Waals surface area contributed by atoms with Crippen molar-refractivity contribution in [3.8, 4) is 0 Å². The molecule has 0 fully saturated rings. The van der Waals surface area contributed by atoms with Crippen LogP contribution in [0.1, 0.15) is 27.9 Å². The molecule has 0 saturated heterocycles. The minimum Gasteiger partial charge on any atom is -0.375 e. The van der Waals surface area contributed by atoms with Crippen molar-refractivity contribution in [1.82, 2.24) is 0 Å². The molecular formula is C17H14N2O5. The second-order valence-corrected chi connectivity index (χ2v) is 5.77. The number of nitro benzene ring substituents is 1. The molecule has 0 radical (unpaired) electrons. The maximum absolute atomic E-state index is 12.5. The number of anilines is 1. The van der Waals surface area contributed by atoms with Crippen molar-refractivity contribution in [2.24, 2.45) is 0 Å². The smallest absolute Gasteiger partial charge is 0.270 e. The van der Waals surface area contributed by atoms with E-state index in [0.29, 0.717) is 11.3 Å². The first-order chi connectivity index (χ1) is 11.3. The van der Waals surface area contributed by atoms with Crippen LogP contribution in [0.5, 0.6) is 0 Å². The average molecular weight is 326 g/mol. The number of hydrogen-bond donors (Lipinski definition) is 2. The van der Waals surface area contributed by atoms with Crippen LogP contribution in [0, 0.1) is 17.0 Å². The number of aliphatic hydroxyl groups is 1. The van der Waals surface area contributed by atoms with E-state index in [2.05, 4.69) is 5.32 Å². The SMILES string of the molecule is Cc1ccc2c(c1)[C@](O)(CC(=O)c1cccc([N+](=O)[O-])c1)C(=O)N2. The molecule has 24 heavy (non-hydrogen) atoms. The van der Waals surface area contributed by atoms with E-state index in [1.54, 1.807) is 18.2 Å². The second-order valence-electron chi connectivity index (χ2n) is 5.77. The molecule has 1 atom stereocenters. The van der Waals surface area contributed by atoms with Crippen molar-refractivity contribution in [3.63, 3.8) is 0 Å². The molecule has 7 heteroatoms. The van der Waals surface area contributed by atoms with Crippen molar-refractivity contribution >= 4 is 23.1 Å². The average Bonchev–Trinajstić information content (AvgIpc) is 2.79. The lowest BCUT2D eigenvalue weighted by atomic mass is 9.87. The van der Waals surface area contributed by atoms with Crippen LogP contribution in [0.4, 0.5) is 11.4 Å². The third-order valence-corrected chi connectivity index (χ3v) is 4.04. The number of Topliss-reactive ketones (excluding diaryl/α,β-unsaturated/α-hetero) is 1. The van der Waals surface area contributed by atoms with Crippen molar-refractivity contribution in [2.75, 3.05) is 5.32 Å². The monoisotopic (exact) mass is 326 g/mol. The molecule has 1 amide bonds. The highest BCUT2D eigenvalue weighted by molar-refractivity contribution is 6.09. The van der Waals surface area contributed by atoms with E-state index in [4.69, 9.17) is 0 Å². The summed E-state index contributed by atoms with van der Waals surface area (Å²) in [4.78, 5) is 34.9. The number of nitro groups is 1. The van der Waals surface area contributed by atoms with Gasteiger partial charge in [0.25, 0.3) is 11.6 Å². The first kappa shape index (κ1) is 15.8. The Kier molecular flexibility index (Phi) is 3.65. The van der Waals surface area contributed by atoms with E-state index >= 15 is 0 Å². The van der Waals surface area contributed by atoms with E-state index in [1.165, 1.54) is 18.2 Å². The number of ketones is 1. The maximum Gasteiger partial charge on any atom is 0.270 e. The summed E-state index contributed by atoms with van der Waals surface area (Å²) in [6, 6.07) is 10.3. The molecular weight excluding hydrogens is 312 g/mol. The van der Waals surface area contributed by atoms with Gasteiger partial charge in [-0.1, -0.05) is 29.8 Å². The predicted molar refractivity (Wildman–Crippen MR) is 85.7 cm³/mol. The molecule has 1 aliphatic heterocycles. The Labute approximate surface area is 137 Å². The topological polar surface area (TPSA) is 110 Å². The number of benzene rings is 2. The van der Waals surface area contributed by atoms with Crippen molar-refractivity contribution in [3.05, 3.63) is 69.3 Å². The summed E-state index contributed by atoms with van der Waals surface area (Å²) in [5, 5.41) is 24.1. The predicted octanol–water partition coefficient (Wildman–Crippen LogP) is 2.32. The van der Waals surface area contributed by atoms with Crippen molar-refractivity contribution < 1.29 is 19.6 Å². The molecule has 0 saturated carbocycles. The van der Waals surface area contributed by atoms with E-state index < -0.39 is 28.6 Å². The number of carbonyl (C=O) groups is 2. The third-order valence-electron chi connectivity index (χ3n) is 4.04. The van der Waals surface area contributed by atoms with Gasteiger partial charge in [0.05, 0.1) is 11.3 Å². The van der Waals surface area contributed by atoms with Gasteiger partial charge in [-0.15, -0.1) is 0 Å². The van der Waals surface area contributed by atoms with Crippen LogP contribution in [0.25, 0.3) is 0 Å². The van der Waals surface area contributed by atoms with Gasteiger partial charge in [-0.05, 0) is 13.0 Å². The number of nitrogens with one attached hydrogen (secondary N) is 1. The van der Waals surface area contributed by atoms with Crippen LogP contribution in [0.3, 0.4) is 0 Å². The van der Waals surface area contributed by atoms with Gasteiger partial charge in [-0.25, -0.2) is 0 Å². The lowest BCUT2D eigenvalue weighted by Crippen LogP contribution is -2.36. The zero-order valence-electron chi connectivity index (χ0n) is 12.8. The van der Waals surface area contributed by atoms with Crippen LogP contribution < -0.4 is 5.32 Å². The summed E-state index contributed by atoms with van der Waals surface area (Å²) < 4.78 is 0. The normalized spacial score (nSPS) is 18.8. The highest BCUT2D eigenvalue weighted by atomic mass is 16.6. The number of hydrogen-bond acceptors (Lipinski definition) is 5. The van der Waals surface area contributed by atoms with Gasteiger partial charge in [0, 0.05) is 28.9 Å². The summed E-state index contributed by atoms with van der Waals surface area (Å²) in [5.41, 5.74) is -0.493. The standard InChI is InChI=1S/C17H14N2O5/c1-10-5-6-14-13(7-10)17(22,16(21)18-14)9-15(20)11-3-2-4-12(8-11)19(23)24/h2-8,22H,9H2,1H3,(H,18,21)/t17-/m1/s1. The third kappa shape index (κ3) is 2.55. The zero-order chi connectivity index (χ0) is 17.5. The minimum atomic E-state index is -1.98. The van der Waals surface area contributed by atoms with Gasteiger partial charge in [0.1, 0.15) is 0 Å². The van der Waals surface area contributed by atoms with Gasteiger partial charge >= 0.3 is 0 Å². The highest BCUT2D eigenvalue weighted by Gasteiger charge is 2.46. The van der Waals surface area contributed by atoms with Crippen LogP contribution in [-0.4, -0.2) is 21.7 Å². The number of nitrogens with zero attached hydrogens (tertiary/aromatic N) is 1. The summed E-state index contributed by atoms with van der Waals surface area (Å²) in [5.74, 6) is -1.23. The Hall–Kier alpha value is -3.06. The van der Waals surface area contributed by atoms with Gasteiger partial charge in [0.15, 0.2) is 11.4 Å². The quantitative estimate of drug-likeness (QED) is 0.509. The number of rotatable bonds is 4. The molecule has 0 spiro atoms. The molecule has 122 valence electrons. The molecule has 0 aliphatic carbocycles. The Morgan fingerprint density at radius 1 is 1.29 bits per heavy atom. The minimum absolute atomic E-state index is 0.0755. The van der Waals surface area contributed by atoms with E-state index in [9.17, 15) is 24.8 Å². The fourth-order valence-electron chi connectivity index (χ4n) is 2.76. The Morgan fingerprint density at radius 2 is 2.04 bits per heavy atom. The van der Waals surface area contributed by atoms with Crippen molar-refractivity contribution in [2.45, 2.75) is 18.9 Å². The fraction of sp³-hybridized carbons (Fsp3) is 0.176. The van der Waals surface area contributed by atoms with E-state index in [1.807, 2.05) is 6.92 Å². The number of amides is 1. The van der Waals surface area contributed by atoms with Crippen LogP contribution in [0.15, 0.2) is 42.5 Å². The lowest BCUT2D eigenvalue weighted by molar-refractivity contribution is -0.384. The van der Waals surface area contributed by atoms with Crippen LogP contribution >= 0.6 is 0 Å². The highest BCUT2D eigenvalue weighted by Crippen LogP contribution is 2.39. The summed E-state index contributed by atoms with van der Waals surface area (Å²) in [6.45, 7) is 1.81.